The quantitative estimate of drug-likeness (QED) is 0.555. The second-order valence-corrected chi connectivity index (χ2v) is 12.8. The fraction of sp³-hybridized carbons (Fsp3) is 0.655. The van der Waals surface area contributed by atoms with E-state index in [0.29, 0.717) is 25.3 Å². The van der Waals surface area contributed by atoms with E-state index in [0.717, 1.165) is 29.6 Å². The fourth-order valence-corrected chi connectivity index (χ4v) is 7.55. The van der Waals surface area contributed by atoms with Crippen LogP contribution in [0.3, 0.4) is 0 Å². The van der Waals surface area contributed by atoms with Crippen molar-refractivity contribution >= 4 is 34.5 Å². The summed E-state index contributed by atoms with van der Waals surface area (Å²) in [5.74, 6) is -0.379. The third-order valence-electron chi connectivity index (χ3n) is 8.82. The number of para-hydroxylation sites is 1. The lowest BCUT2D eigenvalue weighted by Gasteiger charge is -2.53. The van der Waals surface area contributed by atoms with E-state index in [1.807, 2.05) is 44.4 Å². The smallest absolute Gasteiger partial charge is 0.253 e. The first-order chi connectivity index (χ1) is 18.1. The number of hydrogen-bond donors (Lipinski definition) is 2. The molecule has 3 aliphatic heterocycles. The molecule has 38 heavy (non-hydrogen) atoms. The van der Waals surface area contributed by atoms with Crippen molar-refractivity contribution in [2.45, 2.75) is 82.7 Å². The summed E-state index contributed by atoms with van der Waals surface area (Å²) in [6.07, 6.45) is 3.74. The molecule has 1 aromatic carbocycles. The molecule has 3 saturated heterocycles. The number of hydrogen-bond acceptors (Lipinski definition) is 6. The number of amides is 2. The van der Waals surface area contributed by atoms with Crippen molar-refractivity contribution in [3.8, 4) is 0 Å². The third kappa shape index (κ3) is 4.98. The van der Waals surface area contributed by atoms with Crippen LogP contribution in [0, 0.1) is 12.8 Å². The van der Waals surface area contributed by atoms with Gasteiger partial charge >= 0.3 is 0 Å². The standard InChI is InChI=1S/C29H42N4O4S/c1-17-13-24(38-6)22(26(34)31-17)14-30-27(35)25-18(2)33(23-10-8-7-9-21(23)25)19(3)28-36-15-20(16-37-28)32-12-11-29(32,4)5/h7-10,17,19-20,22,24,28H,11-16H2,1-6H3,(H,30,35)(H,31,34)/t17?,19-,20?,22?,24?,28?/m1/s1. The van der Waals surface area contributed by atoms with Crippen molar-refractivity contribution in [3.63, 3.8) is 0 Å². The summed E-state index contributed by atoms with van der Waals surface area (Å²) in [7, 11) is 0. The van der Waals surface area contributed by atoms with Gasteiger partial charge in [-0.3, -0.25) is 14.5 Å². The molecule has 3 aliphatic rings. The molecule has 3 fully saturated rings. The van der Waals surface area contributed by atoms with Crippen LogP contribution < -0.4 is 10.6 Å². The number of ether oxygens (including phenoxy) is 2. The Balaban J connectivity index is 1.32. The Morgan fingerprint density at radius 3 is 2.61 bits per heavy atom. The highest BCUT2D eigenvalue weighted by atomic mass is 32.2. The summed E-state index contributed by atoms with van der Waals surface area (Å²) < 4.78 is 14.7. The van der Waals surface area contributed by atoms with Crippen LogP contribution in [-0.2, 0) is 14.3 Å². The van der Waals surface area contributed by atoms with E-state index in [1.165, 1.54) is 6.42 Å². The maximum Gasteiger partial charge on any atom is 0.253 e. The summed E-state index contributed by atoms with van der Waals surface area (Å²) in [6, 6.07) is 8.31. The number of rotatable bonds is 7. The van der Waals surface area contributed by atoms with Crippen LogP contribution in [-0.4, -0.2) is 83.0 Å². The lowest BCUT2D eigenvalue weighted by atomic mass is 9.87. The Morgan fingerprint density at radius 1 is 1.26 bits per heavy atom. The number of fused-ring (bicyclic) bond motifs is 1. The third-order valence-corrected chi connectivity index (χ3v) is 9.94. The lowest BCUT2D eigenvalue weighted by molar-refractivity contribution is -0.236. The molecule has 0 aliphatic carbocycles. The average molecular weight is 543 g/mol. The Labute approximate surface area is 230 Å². The summed E-state index contributed by atoms with van der Waals surface area (Å²) in [5.41, 5.74) is 2.70. The maximum absolute atomic E-state index is 13.6. The molecule has 2 aromatic rings. The van der Waals surface area contributed by atoms with Crippen molar-refractivity contribution in [2.24, 2.45) is 5.92 Å². The lowest BCUT2D eigenvalue weighted by Crippen LogP contribution is -2.64. The molecule has 8 nitrogen and oxygen atoms in total. The number of benzene rings is 1. The summed E-state index contributed by atoms with van der Waals surface area (Å²) in [5, 5.41) is 7.21. The van der Waals surface area contributed by atoms with E-state index in [2.05, 4.69) is 40.9 Å². The number of carbonyl (C=O) groups excluding carboxylic acids is 2. The highest BCUT2D eigenvalue weighted by Gasteiger charge is 2.43. The SMILES string of the molecule is CSC1CC(C)NC(=O)C1CNC(=O)c1c(C)n([C@H](C)C2OCC(N3CCC3(C)C)CO2)c2ccccc12. The van der Waals surface area contributed by atoms with E-state index >= 15 is 0 Å². The Bertz CT molecular complexity index is 1190. The minimum atomic E-state index is -0.392. The van der Waals surface area contributed by atoms with Crippen LogP contribution in [0.15, 0.2) is 24.3 Å². The number of nitrogens with one attached hydrogen (secondary N) is 2. The Morgan fingerprint density at radius 2 is 1.97 bits per heavy atom. The number of carbonyl (C=O) groups is 2. The number of thioether (sulfide) groups is 1. The summed E-state index contributed by atoms with van der Waals surface area (Å²) in [4.78, 5) is 28.7. The molecule has 2 amide bonds. The second kappa shape index (κ2) is 10.8. The second-order valence-electron chi connectivity index (χ2n) is 11.8. The minimum absolute atomic E-state index is 0.0164. The van der Waals surface area contributed by atoms with E-state index in [1.54, 1.807) is 11.8 Å². The largest absolute Gasteiger partial charge is 0.353 e. The van der Waals surface area contributed by atoms with Crippen molar-refractivity contribution in [1.82, 2.24) is 20.1 Å². The van der Waals surface area contributed by atoms with Gasteiger partial charge in [-0.25, -0.2) is 0 Å². The zero-order valence-electron chi connectivity index (χ0n) is 23.5. The van der Waals surface area contributed by atoms with Crippen molar-refractivity contribution in [3.05, 3.63) is 35.5 Å². The van der Waals surface area contributed by atoms with E-state index in [4.69, 9.17) is 9.47 Å². The highest BCUT2D eigenvalue weighted by molar-refractivity contribution is 7.99. The van der Waals surface area contributed by atoms with Crippen molar-refractivity contribution < 1.29 is 19.1 Å². The summed E-state index contributed by atoms with van der Waals surface area (Å²) in [6.45, 7) is 13.3. The molecule has 3 unspecified atom stereocenters. The first-order valence-corrected chi connectivity index (χ1v) is 15.1. The molecule has 4 heterocycles. The van der Waals surface area contributed by atoms with Crippen LogP contribution in [0.4, 0.5) is 0 Å². The van der Waals surface area contributed by atoms with Crippen LogP contribution in [0.2, 0.25) is 0 Å². The van der Waals surface area contributed by atoms with Gasteiger partial charge in [0.25, 0.3) is 5.91 Å². The number of nitrogens with zero attached hydrogens (tertiary/aromatic N) is 2. The van der Waals surface area contributed by atoms with Gasteiger partial charge in [0.15, 0.2) is 6.29 Å². The normalized spacial score (nSPS) is 30.5. The zero-order chi connectivity index (χ0) is 27.2. The van der Waals surface area contributed by atoms with Crippen molar-refractivity contribution in [2.75, 3.05) is 32.6 Å². The van der Waals surface area contributed by atoms with Gasteiger partial charge in [-0.15, -0.1) is 0 Å². The maximum atomic E-state index is 13.6. The average Bonchev–Trinajstić information content (AvgIpc) is 3.18. The molecular weight excluding hydrogens is 500 g/mol. The van der Waals surface area contributed by atoms with Gasteiger partial charge in [0.1, 0.15) is 0 Å². The molecule has 1 aromatic heterocycles. The first kappa shape index (κ1) is 27.5. The molecule has 0 spiro atoms. The molecular formula is C29H42N4O4S. The molecule has 208 valence electrons. The first-order valence-electron chi connectivity index (χ1n) is 13.8. The highest BCUT2D eigenvalue weighted by Crippen LogP contribution is 2.36. The molecule has 0 bridgehead atoms. The Hall–Kier alpha value is -2.07. The molecule has 4 atom stereocenters. The predicted molar refractivity (Wildman–Crippen MR) is 152 cm³/mol. The van der Waals surface area contributed by atoms with Crippen molar-refractivity contribution in [1.29, 1.82) is 0 Å². The molecule has 2 N–H and O–H groups in total. The summed E-state index contributed by atoms with van der Waals surface area (Å²) >= 11 is 1.70. The zero-order valence-corrected chi connectivity index (χ0v) is 24.3. The van der Waals surface area contributed by atoms with Crippen LogP contribution in [0.25, 0.3) is 10.9 Å². The molecule has 9 heteroatoms. The van der Waals surface area contributed by atoms with E-state index < -0.39 is 6.29 Å². The van der Waals surface area contributed by atoms with Crippen LogP contribution in [0.1, 0.15) is 62.6 Å². The number of likely N-dealkylation sites (tertiary alicyclic amines) is 1. The van der Waals surface area contributed by atoms with E-state index in [9.17, 15) is 9.59 Å². The van der Waals surface area contributed by atoms with Gasteiger partial charge in [-0.1, -0.05) is 18.2 Å². The fourth-order valence-electron chi connectivity index (χ4n) is 6.52. The number of piperidine rings is 1. The van der Waals surface area contributed by atoms with Gasteiger partial charge < -0.3 is 24.7 Å². The van der Waals surface area contributed by atoms with Crippen LogP contribution >= 0.6 is 11.8 Å². The predicted octanol–water partition coefficient (Wildman–Crippen LogP) is 3.72. The van der Waals surface area contributed by atoms with Gasteiger partial charge in [0.2, 0.25) is 5.91 Å². The topological polar surface area (TPSA) is 84.8 Å². The van der Waals surface area contributed by atoms with Gasteiger partial charge in [-0.2, -0.15) is 11.8 Å². The van der Waals surface area contributed by atoms with Gasteiger partial charge in [-0.05, 0) is 59.8 Å². The number of aromatic nitrogens is 1. The molecule has 5 rings (SSSR count). The van der Waals surface area contributed by atoms with Gasteiger partial charge in [0, 0.05) is 46.5 Å². The monoisotopic (exact) mass is 542 g/mol. The Kier molecular flexibility index (Phi) is 7.84. The molecule has 0 radical (unpaired) electrons. The molecule has 0 saturated carbocycles. The van der Waals surface area contributed by atoms with Crippen LogP contribution in [0.5, 0.6) is 0 Å². The van der Waals surface area contributed by atoms with Gasteiger partial charge in [0.05, 0.1) is 36.8 Å². The minimum Gasteiger partial charge on any atom is -0.353 e. The van der Waals surface area contributed by atoms with E-state index in [-0.39, 0.29) is 46.6 Å².